The molecule has 3 nitrogen and oxygen atoms in total. The van der Waals surface area contributed by atoms with Crippen LogP contribution in [0.1, 0.15) is 32.4 Å². The monoisotopic (exact) mass is 227 g/mol. The van der Waals surface area contributed by atoms with E-state index in [0.29, 0.717) is 17.7 Å². The van der Waals surface area contributed by atoms with E-state index in [1.807, 2.05) is 6.07 Å². The lowest BCUT2D eigenvalue weighted by atomic mass is 10.1. The van der Waals surface area contributed by atoms with Crippen molar-refractivity contribution < 1.29 is 0 Å². The lowest BCUT2D eigenvalue weighted by Gasteiger charge is -2.11. The summed E-state index contributed by atoms with van der Waals surface area (Å²) in [5, 5.41) is 3.26. The van der Waals surface area contributed by atoms with Gasteiger partial charge in [-0.25, -0.2) is 9.97 Å². The Hall–Kier alpha value is -0.830. The van der Waals surface area contributed by atoms with Gasteiger partial charge in [0.05, 0.1) is 0 Å². The molecule has 0 fully saturated rings. The van der Waals surface area contributed by atoms with Crippen LogP contribution in [0.2, 0.25) is 0 Å². The normalized spacial score (nSPS) is 12.9. The van der Waals surface area contributed by atoms with E-state index >= 15 is 0 Å². The fraction of sp³-hybridized carbons (Fsp3) is 0.636. The van der Waals surface area contributed by atoms with Crippen molar-refractivity contribution in [2.75, 3.05) is 17.7 Å². The van der Waals surface area contributed by atoms with Gasteiger partial charge in [-0.05, 0) is 11.8 Å². The Labute approximate surface area is 96.3 Å². The smallest absolute Gasteiger partial charge is 0.129 e. The van der Waals surface area contributed by atoms with Crippen LogP contribution in [-0.2, 0) is 0 Å². The average molecular weight is 228 g/mol. The minimum atomic E-state index is 0.430. The number of halogens is 1. The molecule has 1 unspecified atom stereocenters. The zero-order valence-corrected chi connectivity index (χ0v) is 10.3. The zero-order valence-electron chi connectivity index (χ0n) is 9.50. The molecule has 0 spiro atoms. The largest absolute Gasteiger partial charge is 0.370 e. The fourth-order valence-electron chi connectivity index (χ4n) is 1.12. The Kier molecular flexibility index (Phi) is 4.82. The van der Waals surface area contributed by atoms with E-state index < -0.39 is 0 Å². The van der Waals surface area contributed by atoms with Crippen LogP contribution >= 0.6 is 11.6 Å². The third kappa shape index (κ3) is 4.04. The second-order valence-corrected chi connectivity index (χ2v) is 4.43. The molecule has 15 heavy (non-hydrogen) atoms. The van der Waals surface area contributed by atoms with Crippen LogP contribution in [0, 0.1) is 5.92 Å². The summed E-state index contributed by atoms with van der Waals surface area (Å²) in [5.74, 6) is 2.42. The summed E-state index contributed by atoms with van der Waals surface area (Å²) in [6, 6.07) is 1.99. The molecule has 4 heteroatoms. The third-order valence-electron chi connectivity index (χ3n) is 2.17. The number of hydrogen-bond acceptors (Lipinski definition) is 3. The molecule has 0 saturated carbocycles. The van der Waals surface area contributed by atoms with E-state index in [2.05, 4.69) is 36.1 Å². The lowest BCUT2D eigenvalue weighted by Crippen LogP contribution is -2.13. The molecule has 84 valence electrons. The zero-order chi connectivity index (χ0) is 11.3. The lowest BCUT2D eigenvalue weighted by molar-refractivity contribution is 0.693. The standard InChI is InChI=1S/C11H18ClN3/c1-8(2)10-4-11(15-7-14-10)13-6-9(3)5-12/h4,7-9H,5-6H2,1-3H3,(H,13,14,15). The van der Waals surface area contributed by atoms with Crippen molar-refractivity contribution in [2.24, 2.45) is 5.92 Å². The van der Waals surface area contributed by atoms with Crippen molar-refractivity contribution in [1.29, 1.82) is 0 Å². The first-order chi connectivity index (χ1) is 7.13. The minimum absolute atomic E-state index is 0.430. The molecule has 0 aliphatic heterocycles. The molecule has 0 amide bonds. The Bertz CT molecular complexity index is 302. The van der Waals surface area contributed by atoms with Gasteiger partial charge in [-0.1, -0.05) is 20.8 Å². The predicted molar refractivity (Wildman–Crippen MR) is 64.5 cm³/mol. The summed E-state index contributed by atoms with van der Waals surface area (Å²) < 4.78 is 0. The highest BCUT2D eigenvalue weighted by Crippen LogP contribution is 2.13. The molecule has 1 N–H and O–H groups in total. The van der Waals surface area contributed by atoms with Crippen molar-refractivity contribution in [3.63, 3.8) is 0 Å². The van der Waals surface area contributed by atoms with Crippen LogP contribution in [0.5, 0.6) is 0 Å². The summed E-state index contributed by atoms with van der Waals surface area (Å²) in [7, 11) is 0. The van der Waals surface area contributed by atoms with Crippen LogP contribution < -0.4 is 5.32 Å². The molecule has 0 aliphatic carbocycles. The van der Waals surface area contributed by atoms with Gasteiger partial charge in [0.15, 0.2) is 0 Å². The summed E-state index contributed by atoms with van der Waals surface area (Å²) in [6.07, 6.45) is 1.60. The average Bonchev–Trinajstić information content (AvgIpc) is 2.26. The molecule has 1 atom stereocenters. The second kappa shape index (κ2) is 5.91. The second-order valence-electron chi connectivity index (χ2n) is 4.12. The minimum Gasteiger partial charge on any atom is -0.370 e. The van der Waals surface area contributed by atoms with E-state index in [-0.39, 0.29) is 0 Å². The SMILES string of the molecule is CC(CCl)CNc1cc(C(C)C)ncn1. The topological polar surface area (TPSA) is 37.8 Å². The Balaban J connectivity index is 2.58. The number of hydrogen-bond donors (Lipinski definition) is 1. The van der Waals surface area contributed by atoms with Gasteiger partial charge in [-0.3, -0.25) is 0 Å². The summed E-state index contributed by atoms with van der Waals surface area (Å²) in [4.78, 5) is 8.37. The molecule has 1 aromatic heterocycles. The van der Waals surface area contributed by atoms with Gasteiger partial charge in [-0.15, -0.1) is 11.6 Å². The van der Waals surface area contributed by atoms with Crippen LogP contribution in [0.25, 0.3) is 0 Å². The van der Waals surface area contributed by atoms with Gasteiger partial charge < -0.3 is 5.32 Å². The van der Waals surface area contributed by atoms with Gasteiger partial charge in [0, 0.05) is 24.2 Å². The molecule has 1 rings (SSSR count). The highest BCUT2D eigenvalue weighted by Gasteiger charge is 2.04. The molecule has 1 aromatic rings. The number of alkyl halides is 1. The third-order valence-corrected chi connectivity index (χ3v) is 2.70. The number of nitrogens with zero attached hydrogens (tertiary/aromatic N) is 2. The van der Waals surface area contributed by atoms with E-state index in [0.717, 1.165) is 18.1 Å². The number of nitrogens with one attached hydrogen (secondary N) is 1. The highest BCUT2D eigenvalue weighted by molar-refractivity contribution is 6.18. The predicted octanol–water partition coefficient (Wildman–Crippen LogP) is 2.89. The number of aromatic nitrogens is 2. The molecule has 0 aromatic carbocycles. The van der Waals surface area contributed by atoms with E-state index in [4.69, 9.17) is 11.6 Å². The Morgan fingerprint density at radius 2 is 2.07 bits per heavy atom. The molecule has 0 bridgehead atoms. The van der Waals surface area contributed by atoms with Gasteiger partial charge in [0.1, 0.15) is 12.1 Å². The molecule has 1 heterocycles. The van der Waals surface area contributed by atoms with Gasteiger partial charge in [0.2, 0.25) is 0 Å². The van der Waals surface area contributed by atoms with E-state index in [1.165, 1.54) is 0 Å². The first-order valence-corrected chi connectivity index (χ1v) is 5.78. The van der Waals surface area contributed by atoms with Crippen LogP contribution in [0.15, 0.2) is 12.4 Å². The van der Waals surface area contributed by atoms with Crippen molar-refractivity contribution in [3.05, 3.63) is 18.1 Å². The summed E-state index contributed by atoms with van der Waals surface area (Å²) in [6.45, 7) is 7.18. The number of anilines is 1. The van der Waals surface area contributed by atoms with Gasteiger partial charge in [-0.2, -0.15) is 0 Å². The van der Waals surface area contributed by atoms with Crippen molar-refractivity contribution in [1.82, 2.24) is 9.97 Å². The summed E-state index contributed by atoms with van der Waals surface area (Å²) >= 11 is 5.73. The molecule has 0 aliphatic rings. The maximum absolute atomic E-state index is 5.73. The van der Waals surface area contributed by atoms with E-state index in [9.17, 15) is 0 Å². The maximum atomic E-state index is 5.73. The highest BCUT2D eigenvalue weighted by atomic mass is 35.5. The maximum Gasteiger partial charge on any atom is 0.129 e. The summed E-state index contributed by atoms with van der Waals surface area (Å²) in [5.41, 5.74) is 1.06. The van der Waals surface area contributed by atoms with Crippen molar-refractivity contribution in [2.45, 2.75) is 26.7 Å². The van der Waals surface area contributed by atoms with Gasteiger partial charge >= 0.3 is 0 Å². The quantitative estimate of drug-likeness (QED) is 0.787. The van der Waals surface area contributed by atoms with Crippen LogP contribution in [0.3, 0.4) is 0 Å². The molecular formula is C11H18ClN3. The molecule has 0 radical (unpaired) electrons. The Morgan fingerprint density at radius 1 is 1.33 bits per heavy atom. The van der Waals surface area contributed by atoms with Crippen LogP contribution in [-0.4, -0.2) is 22.4 Å². The molecule has 0 saturated heterocycles. The van der Waals surface area contributed by atoms with Gasteiger partial charge in [0.25, 0.3) is 0 Å². The first kappa shape index (κ1) is 12.2. The number of rotatable bonds is 5. The first-order valence-electron chi connectivity index (χ1n) is 5.25. The fourth-order valence-corrected chi connectivity index (χ4v) is 1.23. The van der Waals surface area contributed by atoms with Crippen molar-refractivity contribution >= 4 is 17.4 Å². The van der Waals surface area contributed by atoms with E-state index in [1.54, 1.807) is 6.33 Å². The molecular weight excluding hydrogens is 210 g/mol. The Morgan fingerprint density at radius 3 is 2.67 bits per heavy atom. The van der Waals surface area contributed by atoms with Crippen molar-refractivity contribution in [3.8, 4) is 0 Å². The van der Waals surface area contributed by atoms with Crippen LogP contribution in [0.4, 0.5) is 5.82 Å².